The molecule has 0 saturated carbocycles. The number of guanidine groups is 1. The lowest BCUT2D eigenvalue weighted by Gasteiger charge is -2.11. The molecule has 2 N–H and O–H groups in total. The average Bonchev–Trinajstić information content (AvgIpc) is 2.36. The van der Waals surface area contributed by atoms with Crippen LogP contribution in [0.2, 0.25) is 0 Å². The van der Waals surface area contributed by atoms with Crippen molar-refractivity contribution in [3.05, 3.63) is 34.9 Å². The maximum Gasteiger partial charge on any atom is 0.191 e. The minimum absolute atomic E-state index is 0.0701. The van der Waals surface area contributed by atoms with Crippen LogP contribution in [0.15, 0.2) is 23.2 Å². The molecule has 5 nitrogen and oxygen atoms in total. The molecule has 22 heavy (non-hydrogen) atoms. The van der Waals surface area contributed by atoms with Crippen LogP contribution in [0.3, 0.4) is 0 Å². The summed E-state index contributed by atoms with van der Waals surface area (Å²) in [5, 5.41) is 6.36. The Kier molecular flexibility index (Phi) is 7.38. The minimum Gasteiger partial charge on any atom is -0.357 e. The van der Waals surface area contributed by atoms with Crippen LogP contribution in [0.4, 0.5) is 0 Å². The molecule has 0 radical (unpaired) electrons. The number of rotatable bonds is 7. The maximum atomic E-state index is 11.1. The molecule has 0 amide bonds. The van der Waals surface area contributed by atoms with Crippen molar-refractivity contribution in [3.63, 3.8) is 0 Å². The Balaban J connectivity index is 2.51. The first-order valence-electron chi connectivity index (χ1n) is 7.57. The number of nitrogens with one attached hydrogen (secondary N) is 2. The number of hydrogen-bond donors (Lipinski definition) is 2. The van der Waals surface area contributed by atoms with E-state index in [-0.39, 0.29) is 12.3 Å². The van der Waals surface area contributed by atoms with Gasteiger partial charge in [-0.1, -0.05) is 29.3 Å². The summed E-state index contributed by atoms with van der Waals surface area (Å²) >= 11 is 0. The van der Waals surface area contributed by atoms with E-state index in [1.54, 1.807) is 0 Å². The number of sulfone groups is 1. The van der Waals surface area contributed by atoms with Gasteiger partial charge in [0.15, 0.2) is 5.96 Å². The molecule has 124 valence electrons. The fourth-order valence-electron chi connectivity index (χ4n) is 2.20. The third-order valence-electron chi connectivity index (χ3n) is 3.06. The Hall–Kier alpha value is -1.56. The predicted molar refractivity (Wildman–Crippen MR) is 93.3 cm³/mol. The molecular formula is C16H27N3O2S. The lowest BCUT2D eigenvalue weighted by atomic mass is 10.1. The van der Waals surface area contributed by atoms with E-state index in [4.69, 9.17) is 0 Å². The van der Waals surface area contributed by atoms with E-state index in [9.17, 15) is 8.42 Å². The second-order valence-corrected chi connectivity index (χ2v) is 7.82. The largest absolute Gasteiger partial charge is 0.357 e. The van der Waals surface area contributed by atoms with E-state index in [0.29, 0.717) is 5.96 Å². The second kappa shape index (κ2) is 8.78. The minimum atomic E-state index is -2.97. The van der Waals surface area contributed by atoms with Gasteiger partial charge in [0.1, 0.15) is 9.84 Å². The third-order valence-corrected chi connectivity index (χ3v) is 3.99. The SMILES string of the molecule is CCNC(=NCCS(C)(=O)=O)NCCc1cc(C)cc(C)c1. The maximum absolute atomic E-state index is 11.1. The number of aliphatic imine (C=N–C) groups is 1. The summed E-state index contributed by atoms with van der Waals surface area (Å²) in [5.74, 6) is 0.733. The van der Waals surface area contributed by atoms with Gasteiger partial charge in [-0.05, 0) is 32.8 Å². The molecule has 6 heteroatoms. The number of nitrogens with zero attached hydrogens (tertiary/aromatic N) is 1. The van der Waals surface area contributed by atoms with Crippen LogP contribution >= 0.6 is 0 Å². The summed E-state index contributed by atoms with van der Waals surface area (Å²) in [6, 6.07) is 6.53. The van der Waals surface area contributed by atoms with E-state index in [0.717, 1.165) is 19.5 Å². The Labute approximate surface area is 134 Å². The fraction of sp³-hybridized carbons (Fsp3) is 0.562. The van der Waals surface area contributed by atoms with Crippen LogP contribution in [-0.2, 0) is 16.3 Å². The van der Waals surface area contributed by atoms with Crippen molar-refractivity contribution in [2.24, 2.45) is 4.99 Å². The highest BCUT2D eigenvalue weighted by Crippen LogP contribution is 2.08. The standard InChI is InChI=1S/C16H27N3O2S/c1-5-17-16(19-8-9-22(4,20)21)18-7-6-15-11-13(2)10-14(3)12-15/h10-12H,5-9H2,1-4H3,(H2,17,18,19). The normalized spacial score (nSPS) is 12.3. The van der Waals surface area contributed by atoms with Gasteiger partial charge < -0.3 is 10.6 Å². The van der Waals surface area contributed by atoms with Gasteiger partial charge in [-0.15, -0.1) is 0 Å². The molecule has 1 rings (SSSR count). The molecule has 0 unspecified atom stereocenters. The van der Waals surface area contributed by atoms with Crippen molar-refractivity contribution in [2.45, 2.75) is 27.2 Å². The molecule has 0 aliphatic heterocycles. The van der Waals surface area contributed by atoms with E-state index >= 15 is 0 Å². The second-order valence-electron chi connectivity index (χ2n) is 5.56. The summed E-state index contributed by atoms with van der Waals surface area (Å²) in [5.41, 5.74) is 3.82. The summed E-state index contributed by atoms with van der Waals surface area (Å²) < 4.78 is 22.2. The lowest BCUT2D eigenvalue weighted by molar-refractivity contribution is 0.601. The van der Waals surface area contributed by atoms with Gasteiger partial charge >= 0.3 is 0 Å². The van der Waals surface area contributed by atoms with Crippen LogP contribution in [0.5, 0.6) is 0 Å². The van der Waals surface area contributed by atoms with E-state index in [2.05, 4.69) is 47.7 Å². The molecule has 0 aliphatic rings. The summed E-state index contributed by atoms with van der Waals surface area (Å²) in [6.07, 6.45) is 2.13. The quantitative estimate of drug-likeness (QED) is 0.588. The number of hydrogen-bond acceptors (Lipinski definition) is 3. The monoisotopic (exact) mass is 325 g/mol. The predicted octanol–water partition coefficient (Wildman–Crippen LogP) is 1.45. The van der Waals surface area contributed by atoms with E-state index in [1.807, 2.05) is 6.92 Å². The smallest absolute Gasteiger partial charge is 0.191 e. The molecule has 0 atom stereocenters. The Bertz CT molecular complexity index is 590. The van der Waals surface area contributed by atoms with Gasteiger partial charge in [0, 0.05) is 19.3 Å². The van der Waals surface area contributed by atoms with Crippen LogP contribution in [-0.4, -0.2) is 46.0 Å². The van der Waals surface area contributed by atoms with Crippen LogP contribution < -0.4 is 10.6 Å². The zero-order chi connectivity index (χ0) is 16.6. The average molecular weight is 325 g/mol. The Morgan fingerprint density at radius 1 is 1.14 bits per heavy atom. The summed E-state index contributed by atoms with van der Waals surface area (Å²) in [6.45, 7) is 7.96. The van der Waals surface area contributed by atoms with Crippen molar-refractivity contribution in [1.82, 2.24) is 10.6 Å². The fourth-order valence-corrected chi connectivity index (χ4v) is 2.63. The van der Waals surface area contributed by atoms with Crippen molar-refractivity contribution >= 4 is 15.8 Å². The molecule has 1 aromatic rings. The molecule has 0 bridgehead atoms. The molecule has 0 spiro atoms. The molecule has 0 fully saturated rings. The topological polar surface area (TPSA) is 70.6 Å². The highest BCUT2D eigenvalue weighted by molar-refractivity contribution is 7.90. The van der Waals surface area contributed by atoms with E-state index < -0.39 is 9.84 Å². The first-order chi connectivity index (χ1) is 10.3. The number of aryl methyl sites for hydroxylation is 2. The van der Waals surface area contributed by atoms with Gasteiger partial charge in [-0.2, -0.15) is 0 Å². The first kappa shape index (κ1) is 18.5. The molecule has 0 saturated heterocycles. The molecule has 1 aromatic carbocycles. The van der Waals surface area contributed by atoms with Crippen molar-refractivity contribution in [3.8, 4) is 0 Å². The summed E-state index contributed by atoms with van der Waals surface area (Å²) in [4.78, 5) is 4.28. The van der Waals surface area contributed by atoms with Gasteiger partial charge in [0.25, 0.3) is 0 Å². The Morgan fingerprint density at radius 2 is 1.77 bits per heavy atom. The van der Waals surface area contributed by atoms with Gasteiger partial charge in [0.05, 0.1) is 12.3 Å². The van der Waals surface area contributed by atoms with Crippen molar-refractivity contribution in [2.75, 3.05) is 31.6 Å². The highest BCUT2D eigenvalue weighted by atomic mass is 32.2. The summed E-state index contributed by atoms with van der Waals surface area (Å²) in [7, 11) is -2.97. The van der Waals surface area contributed by atoms with Crippen LogP contribution in [0, 0.1) is 13.8 Å². The zero-order valence-electron chi connectivity index (χ0n) is 13.9. The molecule has 0 aliphatic carbocycles. The van der Waals surface area contributed by atoms with Gasteiger partial charge in [-0.3, -0.25) is 4.99 Å². The lowest BCUT2D eigenvalue weighted by Crippen LogP contribution is -2.38. The van der Waals surface area contributed by atoms with E-state index in [1.165, 1.54) is 22.9 Å². The van der Waals surface area contributed by atoms with Crippen LogP contribution in [0.1, 0.15) is 23.6 Å². The highest BCUT2D eigenvalue weighted by Gasteiger charge is 2.02. The Morgan fingerprint density at radius 3 is 2.32 bits per heavy atom. The third kappa shape index (κ3) is 8.02. The molecule has 0 heterocycles. The van der Waals surface area contributed by atoms with Crippen molar-refractivity contribution in [1.29, 1.82) is 0 Å². The molecular weight excluding hydrogens is 298 g/mol. The van der Waals surface area contributed by atoms with Gasteiger partial charge in [0.2, 0.25) is 0 Å². The zero-order valence-corrected chi connectivity index (χ0v) is 14.8. The van der Waals surface area contributed by atoms with Gasteiger partial charge in [-0.25, -0.2) is 8.42 Å². The van der Waals surface area contributed by atoms with Crippen molar-refractivity contribution < 1.29 is 8.42 Å². The van der Waals surface area contributed by atoms with Crippen LogP contribution in [0.25, 0.3) is 0 Å². The number of benzene rings is 1. The first-order valence-corrected chi connectivity index (χ1v) is 9.63. The molecule has 0 aromatic heterocycles.